The maximum Gasteiger partial charge on any atom is 0.0963 e. The Bertz CT molecular complexity index is 595. The summed E-state index contributed by atoms with van der Waals surface area (Å²) >= 11 is 1.71. The molecule has 3 rings (SSSR count). The highest BCUT2D eigenvalue weighted by Gasteiger charge is 2.22. The van der Waals surface area contributed by atoms with Crippen LogP contribution in [-0.2, 0) is 19.3 Å². The minimum absolute atomic E-state index is 0.430. The van der Waals surface area contributed by atoms with Crippen LogP contribution >= 0.6 is 11.3 Å². The van der Waals surface area contributed by atoms with E-state index in [1.54, 1.807) is 11.3 Å². The maximum atomic E-state index is 8.68. The average molecular weight is 254 g/mol. The highest BCUT2D eigenvalue weighted by atomic mass is 32.1. The number of nitrogens with zero attached hydrogens (tertiary/aromatic N) is 2. The number of aryl methyl sites for hydroxylation is 1. The molecule has 1 aromatic carbocycles. The van der Waals surface area contributed by atoms with Crippen LogP contribution in [0.2, 0.25) is 0 Å². The third-order valence-corrected chi connectivity index (χ3v) is 4.58. The molecule has 1 heterocycles. The zero-order chi connectivity index (χ0) is 12.4. The average Bonchev–Trinajstić information content (AvgIpc) is 2.87. The minimum atomic E-state index is 0.430. The molecule has 90 valence electrons. The normalized spacial score (nSPS) is 18.1. The molecular formula is C15H14N2S. The zero-order valence-corrected chi connectivity index (χ0v) is 10.9. The van der Waals surface area contributed by atoms with Crippen LogP contribution < -0.4 is 0 Å². The summed E-state index contributed by atoms with van der Waals surface area (Å²) in [5.41, 5.74) is 3.88. The molecule has 0 saturated carbocycles. The molecule has 0 spiro atoms. The van der Waals surface area contributed by atoms with Gasteiger partial charge < -0.3 is 0 Å². The summed E-state index contributed by atoms with van der Waals surface area (Å²) in [5, 5.41) is 11.9. The molecule has 0 N–H and O–H groups in total. The lowest BCUT2D eigenvalue weighted by atomic mass is 9.84. The number of aromatic nitrogens is 1. The predicted octanol–water partition coefficient (Wildman–Crippen LogP) is 3.48. The second kappa shape index (κ2) is 4.91. The minimum Gasteiger partial charge on any atom is -0.245 e. The van der Waals surface area contributed by atoms with Gasteiger partial charge in [0, 0.05) is 11.3 Å². The van der Waals surface area contributed by atoms with Gasteiger partial charge in [-0.2, -0.15) is 5.26 Å². The van der Waals surface area contributed by atoms with E-state index in [0.29, 0.717) is 12.3 Å². The van der Waals surface area contributed by atoms with E-state index in [4.69, 9.17) is 5.26 Å². The van der Waals surface area contributed by atoms with Gasteiger partial charge >= 0.3 is 0 Å². The fourth-order valence-electron chi connectivity index (χ4n) is 2.58. The number of benzene rings is 1. The smallest absolute Gasteiger partial charge is 0.0963 e. The molecule has 2 nitrogen and oxygen atoms in total. The molecule has 0 bridgehead atoms. The van der Waals surface area contributed by atoms with Crippen molar-refractivity contribution < 1.29 is 0 Å². The van der Waals surface area contributed by atoms with Gasteiger partial charge in [-0.15, -0.1) is 11.3 Å². The molecule has 18 heavy (non-hydrogen) atoms. The maximum absolute atomic E-state index is 8.68. The van der Waals surface area contributed by atoms with Crippen molar-refractivity contribution in [2.45, 2.75) is 31.6 Å². The number of rotatable bonds is 2. The molecule has 1 aliphatic rings. The standard InChI is InChI=1S/C15H14N2S/c16-8-7-14-10-18-15(17-14)13-6-5-11-3-1-2-4-12(11)9-13/h1-4,10,13H,5-7,9H2. The van der Waals surface area contributed by atoms with Crippen molar-refractivity contribution in [3.8, 4) is 6.07 Å². The summed E-state index contributed by atoms with van der Waals surface area (Å²) in [4.78, 5) is 4.59. The van der Waals surface area contributed by atoms with Crippen molar-refractivity contribution in [2.24, 2.45) is 0 Å². The largest absolute Gasteiger partial charge is 0.245 e. The van der Waals surface area contributed by atoms with Crippen LogP contribution in [0, 0.1) is 11.3 Å². The van der Waals surface area contributed by atoms with E-state index in [2.05, 4.69) is 35.3 Å². The number of hydrogen-bond donors (Lipinski definition) is 0. The van der Waals surface area contributed by atoms with Gasteiger partial charge in [0.05, 0.1) is 23.2 Å². The van der Waals surface area contributed by atoms with Crippen LogP contribution in [-0.4, -0.2) is 4.98 Å². The number of hydrogen-bond acceptors (Lipinski definition) is 3. The van der Waals surface area contributed by atoms with Crippen molar-refractivity contribution in [3.63, 3.8) is 0 Å². The second-order valence-electron chi connectivity index (χ2n) is 4.72. The van der Waals surface area contributed by atoms with E-state index < -0.39 is 0 Å². The van der Waals surface area contributed by atoms with Crippen molar-refractivity contribution >= 4 is 11.3 Å². The van der Waals surface area contributed by atoms with E-state index in [1.165, 1.54) is 22.6 Å². The third kappa shape index (κ3) is 2.16. The summed E-state index contributed by atoms with van der Waals surface area (Å²) < 4.78 is 0. The number of thiazole rings is 1. The van der Waals surface area contributed by atoms with Crippen molar-refractivity contribution in [1.29, 1.82) is 5.26 Å². The number of nitriles is 1. The molecule has 0 amide bonds. The molecule has 0 aliphatic heterocycles. The monoisotopic (exact) mass is 254 g/mol. The molecule has 3 heteroatoms. The van der Waals surface area contributed by atoms with Crippen LogP contribution in [0.3, 0.4) is 0 Å². The Kier molecular flexibility index (Phi) is 3.12. The van der Waals surface area contributed by atoms with Gasteiger partial charge in [0.25, 0.3) is 0 Å². The van der Waals surface area contributed by atoms with E-state index in [1.807, 2.05) is 5.38 Å². The second-order valence-corrected chi connectivity index (χ2v) is 5.61. The first-order valence-electron chi connectivity index (χ1n) is 6.25. The fraction of sp³-hybridized carbons (Fsp3) is 0.333. The Balaban J connectivity index is 1.81. The Hall–Kier alpha value is -1.66. The van der Waals surface area contributed by atoms with Crippen molar-refractivity contribution in [3.05, 3.63) is 51.5 Å². The van der Waals surface area contributed by atoms with E-state index in [0.717, 1.165) is 18.5 Å². The van der Waals surface area contributed by atoms with Gasteiger partial charge in [-0.25, -0.2) is 4.98 Å². The van der Waals surface area contributed by atoms with Crippen LogP contribution in [0.1, 0.15) is 34.2 Å². The van der Waals surface area contributed by atoms with Crippen LogP contribution in [0.4, 0.5) is 0 Å². The molecule has 1 unspecified atom stereocenters. The first-order chi connectivity index (χ1) is 8.86. The van der Waals surface area contributed by atoms with E-state index in [9.17, 15) is 0 Å². The Morgan fingerprint density at radius 2 is 2.17 bits per heavy atom. The Morgan fingerprint density at radius 3 is 3.00 bits per heavy atom. The first-order valence-corrected chi connectivity index (χ1v) is 7.13. The molecule has 1 aromatic heterocycles. The molecule has 0 radical (unpaired) electrons. The zero-order valence-electron chi connectivity index (χ0n) is 10.1. The highest BCUT2D eigenvalue weighted by molar-refractivity contribution is 7.09. The third-order valence-electron chi connectivity index (χ3n) is 3.53. The molecular weight excluding hydrogens is 240 g/mol. The van der Waals surface area contributed by atoms with Gasteiger partial charge in [0.2, 0.25) is 0 Å². The molecule has 2 aromatic rings. The van der Waals surface area contributed by atoms with Crippen LogP contribution in [0.5, 0.6) is 0 Å². The van der Waals surface area contributed by atoms with Gasteiger partial charge in [-0.3, -0.25) is 0 Å². The summed E-state index contributed by atoms with van der Waals surface area (Å²) in [6.07, 6.45) is 3.85. The lowest BCUT2D eigenvalue weighted by molar-refractivity contribution is 0.581. The van der Waals surface area contributed by atoms with E-state index in [-0.39, 0.29) is 0 Å². The van der Waals surface area contributed by atoms with Gasteiger partial charge in [-0.05, 0) is 30.4 Å². The van der Waals surface area contributed by atoms with Crippen molar-refractivity contribution in [1.82, 2.24) is 4.98 Å². The molecule has 0 fully saturated rings. The summed E-state index contributed by atoms with van der Waals surface area (Å²) in [7, 11) is 0. The Labute approximate surface area is 111 Å². The van der Waals surface area contributed by atoms with Gasteiger partial charge in [0.1, 0.15) is 0 Å². The SMILES string of the molecule is N#CCc1csc(C2CCc3ccccc3C2)n1. The number of fused-ring (bicyclic) bond motifs is 1. The topological polar surface area (TPSA) is 36.7 Å². The van der Waals surface area contributed by atoms with Crippen LogP contribution in [0.15, 0.2) is 29.6 Å². The fourth-order valence-corrected chi connectivity index (χ4v) is 3.54. The van der Waals surface area contributed by atoms with Crippen molar-refractivity contribution in [2.75, 3.05) is 0 Å². The summed E-state index contributed by atoms with van der Waals surface area (Å²) in [6, 6.07) is 10.9. The Morgan fingerprint density at radius 1 is 1.33 bits per heavy atom. The molecule has 0 saturated heterocycles. The summed E-state index contributed by atoms with van der Waals surface area (Å²) in [6.45, 7) is 0. The van der Waals surface area contributed by atoms with Crippen LogP contribution in [0.25, 0.3) is 0 Å². The van der Waals surface area contributed by atoms with E-state index >= 15 is 0 Å². The van der Waals surface area contributed by atoms with Gasteiger partial charge in [-0.1, -0.05) is 24.3 Å². The predicted molar refractivity (Wildman–Crippen MR) is 72.6 cm³/mol. The molecule has 1 atom stereocenters. The van der Waals surface area contributed by atoms with Gasteiger partial charge in [0.15, 0.2) is 0 Å². The first kappa shape index (κ1) is 11.4. The lowest BCUT2D eigenvalue weighted by Gasteiger charge is -2.22. The molecule has 1 aliphatic carbocycles. The summed E-state index contributed by atoms with van der Waals surface area (Å²) in [5.74, 6) is 0.539. The highest BCUT2D eigenvalue weighted by Crippen LogP contribution is 2.33. The lowest BCUT2D eigenvalue weighted by Crippen LogP contribution is -2.12. The quantitative estimate of drug-likeness (QED) is 0.822.